The Morgan fingerprint density at radius 2 is 1.78 bits per heavy atom. The van der Waals surface area contributed by atoms with Gasteiger partial charge in [-0.1, -0.05) is 38.1 Å². The molecule has 0 aliphatic carbocycles. The smallest absolute Gasteiger partial charge is 0.255 e. The van der Waals surface area contributed by atoms with E-state index in [1.54, 1.807) is 7.11 Å². The summed E-state index contributed by atoms with van der Waals surface area (Å²) in [5.74, 6) is 0.969. The highest BCUT2D eigenvalue weighted by molar-refractivity contribution is 6.01. The van der Waals surface area contributed by atoms with E-state index in [9.17, 15) is 4.79 Å². The summed E-state index contributed by atoms with van der Waals surface area (Å²) in [6.45, 7) is 4.93. The van der Waals surface area contributed by atoms with Gasteiger partial charge < -0.3 is 15.0 Å². The van der Waals surface area contributed by atoms with Gasteiger partial charge in [0.25, 0.3) is 5.91 Å². The first-order chi connectivity index (χ1) is 10.9. The van der Waals surface area contributed by atoms with Crippen molar-refractivity contribution in [3.63, 3.8) is 0 Å². The Bertz CT molecular complexity index is 672. The van der Waals surface area contributed by atoms with E-state index in [0.717, 1.165) is 10.8 Å². The Morgan fingerprint density at radius 3 is 2.30 bits per heavy atom. The summed E-state index contributed by atoms with van der Waals surface area (Å²) in [5, 5.41) is 5.14. The number of fused-ring (bicyclic) bond motifs is 1. The maximum atomic E-state index is 12.6. The number of nitrogens with zero attached hydrogens (tertiary/aromatic N) is 1. The first kappa shape index (κ1) is 17.3. The third-order valence-corrected chi connectivity index (χ3v) is 4.22. The Balaban J connectivity index is 2.23. The molecule has 1 amide bonds. The monoisotopic (exact) mass is 314 g/mol. The molecule has 1 N–H and O–H groups in total. The number of benzene rings is 2. The summed E-state index contributed by atoms with van der Waals surface area (Å²) in [6, 6.07) is 12.1. The first-order valence-corrected chi connectivity index (χ1v) is 7.95. The van der Waals surface area contributed by atoms with Gasteiger partial charge in [0.15, 0.2) is 0 Å². The molecule has 0 heterocycles. The van der Waals surface area contributed by atoms with Gasteiger partial charge in [0, 0.05) is 12.6 Å². The largest absolute Gasteiger partial charge is 0.496 e. The van der Waals surface area contributed by atoms with E-state index in [1.807, 2.05) is 50.5 Å². The van der Waals surface area contributed by atoms with Gasteiger partial charge in [0.2, 0.25) is 0 Å². The molecule has 4 heteroatoms. The molecule has 1 atom stereocenters. The summed E-state index contributed by atoms with van der Waals surface area (Å²) < 4.78 is 5.41. The number of hydrogen-bond acceptors (Lipinski definition) is 3. The van der Waals surface area contributed by atoms with E-state index in [0.29, 0.717) is 29.8 Å². The quantitative estimate of drug-likeness (QED) is 0.890. The predicted octanol–water partition coefficient (Wildman–Crippen LogP) is 3.16. The molecule has 2 aromatic carbocycles. The lowest BCUT2D eigenvalue weighted by Crippen LogP contribution is -2.43. The van der Waals surface area contributed by atoms with Gasteiger partial charge in [-0.15, -0.1) is 0 Å². The molecule has 0 saturated carbocycles. The van der Waals surface area contributed by atoms with Gasteiger partial charge in [0.05, 0.1) is 12.7 Å². The topological polar surface area (TPSA) is 41.6 Å². The number of methoxy groups -OCH3 is 1. The van der Waals surface area contributed by atoms with Crippen LogP contribution in [-0.4, -0.2) is 44.6 Å². The molecule has 0 saturated heterocycles. The molecule has 0 spiro atoms. The fraction of sp³-hybridized carbons (Fsp3) is 0.421. The minimum Gasteiger partial charge on any atom is -0.496 e. The van der Waals surface area contributed by atoms with E-state index in [-0.39, 0.29) is 5.91 Å². The van der Waals surface area contributed by atoms with E-state index in [4.69, 9.17) is 4.74 Å². The Labute approximate surface area is 138 Å². The van der Waals surface area contributed by atoms with Crippen LogP contribution >= 0.6 is 0 Å². The van der Waals surface area contributed by atoms with Crippen LogP contribution in [0.15, 0.2) is 36.4 Å². The van der Waals surface area contributed by atoms with E-state index < -0.39 is 0 Å². The molecule has 0 radical (unpaired) electrons. The number of ether oxygens (including phenoxy) is 1. The number of hydrogen-bond donors (Lipinski definition) is 1. The molecule has 0 aromatic heterocycles. The van der Waals surface area contributed by atoms with Crippen LogP contribution in [0.3, 0.4) is 0 Å². The van der Waals surface area contributed by atoms with Gasteiger partial charge >= 0.3 is 0 Å². The van der Waals surface area contributed by atoms with Crippen LogP contribution in [0.5, 0.6) is 5.75 Å². The van der Waals surface area contributed by atoms with Crippen LogP contribution in [0.4, 0.5) is 0 Å². The third kappa shape index (κ3) is 4.02. The molecule has 124 valence electrons. The van der Waals surface area contributed by atoms with Crippen LogP contribution in [0, 0.1) is 5.92 Å². The Hall–Kier alpha value is -2.07. The number of rotatable bonds is 6. The summed E-state index contributed by atoms with van der Waals surface area (Å²) >= 11 is 0. The van der Waals surface area contributed by atoms with Crippen LogP contribution in [-0.2, 0) is 0 Å². The maximum absolute atomic E-state index is 12.6. The van der Waals surface area contributed by atoms with Crippen molar-refractivity contribution in [3.8, 4) is 5.75 Å². The Morgan fingerprint density at radius 1 is 1.17 bits per heavy atom. The lowest BCUT2D eigenvalue weighted by atomic mass is 10.0. The molecular formula is C19H26N2O2. The highest BCUT2D eigenvalue weighted by atomic mass is 16.5. The van der Waals surface area contributed by atoms with Crippen molar-refractivity contribution in [1.29, 1.82) is 0 Å². The van der Waals surface area contributed by atoms with Crippen LogP contribution in [0.25, 0.3) is 10.8 Å². The minimum absolute atomic E-state index is 0.0971. The molecule has 2 rings (SSSR count). The van der Waals surface area contributed by atoms with Gasteiger partial charge in [0.1, 0.15) is 5.75 Å². The molecule has 0 fully saturated rings. The lowest BCUT2D eigenvalue weighted by Gasteiger charge is -2.28. The van der Waals surface area contributed by atoms with Crippen LogP contribution in [0.1, 0.15) is 24.2 Å². The van der Waals surface area contributed by atoms with Crippen molar-refractivity contribution in [1.82, 2.24) is 10.2 Å². The fourth-order valence-corrected chi connectivity index (χ4v) is 2.87. The van der Waals surface area contributed by atoms with Crippen molar-refractivity contribution >= 4 is 16.7 Å². The van der Waals surface area contributed by atoms with Gasteiger partial charge in [-0.2, -0.15) is 0 Å². The number of carbonyl (C=O) groups is 1. The lowest BCUT2D eigenvalue weighted by molar-refractivity contribution is 0.0932. The molecule has 4 nitrogen and oxygen atoms in total. The number of amides is 1. The average Bonchev–Trinajstić information content (AvgIpc) is 2.52. The number of likely N-dealkylation sites (N-methyl/N-ethyl adjacent to an activating group) is 1. The first-order valence-electron chi connectivity index (χ1n) is 7.95. The van der Waals surface area contributed by atoms with Gasteiger partial charge in [-0.3, -0.25) is 4.79 Å². The van der Waals surface area contributed by atoms with Crippen molar-refractivity contribution < 1.29 is 9.53 Å². The maximum Gasteiger partial charge on any atom is 0.255 e. The number of nitrogens with one attached hydrogen (secondary N) is 1. The average molecular weight is 314 g/mol. The van der Waals surface area contributed by atoms with E-state index in [1.165, 1.54) is 0 Å². The van der Waals surface area contributed by atoms with Crippen LogP contribution in [0.2, 0.25) is 0 Å². The second kappa shape index (κ2) is 7.47. The molecule has 0 aliphatic heterocycles. The van der Waals surface area contributed by atoms with E-state index >= 15 is 0 Å². The van der Waals surface area contributed by atoms with Crippen molar-refractivity contribution in [2.24, 2.45) is 5.92 Å². The molecular weight excluding hydrogens is 288 g/mol. The molecule has 1 unspecified atom stereocenters. The molecule has 0 bridgehead atoms. The zero-order valence-corrected chi connectivity index (χ0v) is 14.6. The predicted molar refractivity (Wildman–Crippen MR) is 95.1 cm³/mol. The third-order valence-electron chi connectivity index (χ3n) is 4.22. The highest BCUT2D eigenvalue weighted by Gasteiger charge is 2.19. The summed E-state index contributed by atoms with van der Waals surface area (Å²) in [4.78, 5) is 14.7. The van der Waals surface area contributed by atoms with Crippen molar-refractivity contribution in [3.05, 3.63) is 42.0 Å². The van der Waals surface area contributed by atoms with Gasteiger partial charge in [-0.25, -0.2) is 0 Å². The molecule has 23 heavy (non-hydrogen) atoms. The van der Waals surface area contributed by atoms with E-state index in [2.05, 4.69) is 24.1 Å². The zero-order valence-electron chi connectivity index (χ0n) is 14.6. The van der Waals surface area contributed by atoms with Crippen molar-refractivity contribution in [2.75, 3.05) is 27.7 Å². The molecule has 0 aliphatic rings. The minimum atomic E-state index is -0.0971. The van der Waals surface area contributed by atoms with Gasteiger partial charge in [-0.05, 0) is 42.9 Å². The Kier molecular flexibility index (Phi) is 5.61. The second-order valence-electron chi connectivity index (χ2n) is 6.38. The zero-order chi connectivity index (χ0) is 17.0. The normalized spacial score (nSPS) is 12.7. The summed E-state index contributed by atoms with van der Waals surface area (Å²) in [5.41, 5.74) is 0.576. The molecule has 2 aromatic rings. The highest BCUT2D eigenvalue weighted by Crippen LogP contribution is 2.25. The number of carbonyl (C=O) groups excluding carboxylic acids is 1. The van der Waals surface area contributed by atoms with Crippen molar-refractivity contribution in [2.45, 2.75) is 19.9 Å². The summed E-state index contributed by atoms with van der Waals surface area (Å²) in [7, 11) is 5.67. The fourth-order valence-electron chi connectivity index (χ4n) is 2.87. The van der Waals surface area contributed by atoms with Crippen LogP contribution < -0.4 is 10.1 Å². The standard InChI is InChI=1S/C19H26N2O2/c1-13(2)17(21(3)4)12-20-19(22)16-10-14-8-6-7-9-15(14)11-18(16)23-5/h6-11,13,17H,12H2,1-5H3,(H,20,22). The summed E-state index contributed by atoms with van der Waals surface area (Å²) in [6.07, 6.45) is 0. The SMILES string of the molecule is COc1cc2ccccc2cc1C(=O)NCC(C(C)C)N(C)C. The second-order valence-corrected chi connectivity index (χ2v) is 6.38.